The van der Waals surface area contributed by atoms with Crippen LogP contribution in [0.1, 0.15) is 29.5 Å². The summed E-state index contributed by atoms with van der Waals surface area (Å²) in [6.45, 7) is 0.258. The zero-order valence-electron chi connectivity index (χ0n) is 12.4. The van der Waals surface area contributed by atoms with Crippen LogP contribution in [-0.4, -0.2) is 17.6 Å². The highest BCUT2D eigenvalue weighted by atomic mass is 19.1. The molecule has 2 aliphatic rings. The monoisotopic (exact) mass is 315 g/mol. The molecule has 118 valence electrons. The van der Waals surface area contributed by atoms with Gasteiger partial charge in [0.2, 0.25) is 5.90 Å². The maximum absolute atomic E-state index is 14.0. The van der Waals surface area contributed by atoms with Crippen LogP contribution >= 0.6 is 0 Å². The summed E-state index contributed by atoms with van der Waals surface area (Å²) in [7, 11) is 0. The number of benzene rings is 2. The van der Waals surface area contributed by atoms with Crippen LogP contribution in [0.2, 0.25) is 0 Å². The van der Waals surface area contributed by atoms with Gasteiger partial charge in [-0.3, -0.25) is 0 Å². The molecule has 5 heteroatoms. The van der Waals surface area contributed by atoms with E-state index in [0.717, 1.165) is 30.4 Å². The minimum absolute atomic E-state index is 0.0153. The molecule has 3 nitrogen and oxygen atoms in total. The molecular weight excluding hydrogens is 300 g/mol. The highest BCUT2D eigenvalue weighted by Crippen LogP contribution is 2.43. The Morgan fingerprint density at radius 1 is 1.13 bits per heavy atom. The molecule has 4 rings (SSSR count). The molecule has 1 heterocycles. The van der Waals surface area contributed by atoms with E-state index >= 15 is 0 Å². The predicted molar refractivity (Wildman–Crippen MR) is 81.6 cm³/mol. The fourth-order valence-corrected chi connectivity index (χ4v) is 3.49. The molecule has 1 aliphatic heterocycles. The molecule has 1 unspecified atom stereocenters. The molecule has 2 aromatic carbocycles. The zero-order valence-corrected chi connectivity index (χ0v) is 12.4. The van der Waals surface area contributed by atoms with Gasteiger partial charge in [-0.1, -0.05) is 12.1 Å². The quantitative estimate of drug-likeness (QED) is 0.872. The van der Waals surface area contributed by atoms with E-state index in [0.29, 0.717) is 0 Å². The lowest BCUT2D eigenvalue weighted by Gasteiger charge is -2.31. The van der Waals surface area contributed by atoms with Gasteiger partial charge in [-0.15, -0.1) is 0 Å². The van der Waals surface area contributed by atoms with E-state index in [1.54, 1.807) is 12.1 Å². The molecule has 2 aromatic rings. The van der Waals surface area contributed by atoms with Crippen LogP contribution in [0, 0.1) is 11.6 Å². The minimum atomic E-state index is -0.678. The van der Waals surface area contributed by atoms with Crippen molar-refractivity contribution in [3.8, 4) is 5.75 Å². The number of aryl methyl sites for hydroxylation is 1. The topological polar surface area (TPSA) is 41.8 Å². The van der Waals surface area contributed by atoms with Crippen molar-refractivity contribution in [2.75, 3.05) is 6.61 Å². The van der Waals surface area contributed by atoms with Gasteiger partial charge in [0.05, 0.1) is 0 Å². The number of ether oxygens (including phenoxy) is 1. The molecule has 1 atom stereocenters. The lowest BCUT2D eigenvalue weighted by Crippen LogP contribution is -2.30. The van der Waals surface area contributed by atoms with E-state index < -0.39 is 17.2 Å². The molecule has 1 aliphatic carbocycles. The maximum atomic E-state index is 14.0. The molecule has 0 fully saturated rings. The van der Waals surface area contributed by atoms with Crippen LogP contribution in [0.25, 0.3) is 0 Å². The second-order valence-corrected chi connectivity index (χ2v) is 6.03. The van der Waals surface area contributed by atoms with Crippen LogP contribution < -0.4 is 0 Å². The number of nitrogens with zero attached hydrogens (tertiary/aromatic N) is 1. The van der Waals surface area contributed by atoms with Crippen molar-refractivity contribution < 1.29 is 18.6 Å². The van der Waals surface area contributed by atoms with Crippen LogP contribution in [-0.2, 0) is 16.7 Å². The van der Waals surface area contributed by atoms with Gasteiger partial charge in [0.25, 0.3) is 0 Å². The van der Waals surface area contributed by atoms with E-state index in [-0.39, 0.29) is 23.8 Å². The fourth-order valence-electron chi connectivity index (χ4n) is 3.49. The van der Waals surface area contributed by atoms with Crippen LogP contribution in [0.15, 0.2) is 41.4 Å². The maximum Gasteiger partial charge on any atom is 0.223 e. The third kappa shape index (κ3) is 2.19. The van der Waals surface area contributed by atoms with Crippen molar-refractivity contribution >= 4 is 5.90 Å². The number of rotatable bonds is 1. The Bertz CT molecular complexity index is 798. The summed E-state index contributed by atoms with van der Waals surface area (Å²) in [4.78, 5) is 4.57. The lowest BCUT2D eigenvalue weighted by molar-refractivity contribution is 0.235. The smallest absolute Gasteiger partial charge is 0.223 e. The number of fused-ring (bicyclic) bond motifs is 2. The van der Waals surface area contributed by atoms with E-state index in [2.05, 4.69) is 4.99 Å². The number of aromatic hydroxyl groups is 1. The Balaban J connectivity index is 1.83. The van der Waals surface area contributed by atoms with Crippen molar-refractivity contribution in [2.45, 2.75) is 24.8 Å². The summed E-state index contributed by atoms with van der Waals surface area (Å²) >= 11 is 0. The number of phenols is 1. The summed E-state index contributed by atoms with van der Waals surface area (Å²) in [5, 5.41) is 9.66. The SMILES string of the molecule is Oc1ccc2c(c1)CCCC21COC(c2c(F)cccc2F)=N1. The van der Waals surface area contributed by atoms with Gasteiger partial charge in [-0.05, 0) is 54.7 Å². The first-order valence-corrected chi connectivity index (χ1v) is 7.58. The van der Waals surface area contributed by atoms with Crippen molar-refractivity contribution in [2.24, 2.45) is 4.99 Å². The molecule has 0 saturated carbocycles. The second-order valence-electron chi connectivity index (χ2n) is 6.03. The molecule has 1 spiro atoms. The van der Waals surface area contributed by atoms with E-state index in [1.807, 2.05) is 6.07 Å². The van der Waals surface area contributed by atoms with Gasteiger partial charge in [0.1, 0.15) is 35.1 Å². The number of halogens is 2. The molecule has 1 N–H and O–H groups in total. The Hall–Kier alpha value is -2.43. The molecule has 0 aromatic heterocycles. The first kappa shape index (κ1) is 14.2. The first-order chi connectivity index (χ1) is 11.1. The second kappa shape index (κ2) is 5.05. The Morgan fingerprint density at radius 3 is 2.70 bits per heavy atom. The first-order valence-electron chi connectivity index (χ1n) is 7.58. The molecule has 23 heavy (non-hydrogen) atoms. The molecule has 0 radical (unpaired) electrons. The van der Waals surface area contributed by atoms with Crippen molar-refractivity contribution in [3.05, 3.63) is 64.7 Å². The summed E-state index contributed by atoms with van der Waals surface area (Å²) in [6.07, 6.45) is 2.49. The molecule has 0 saturated heterocycles. The molecule has 0 bridgehead atoms. The standard InChI is InChI=1S/C18H15F2NO2/c19-14-4-1-5-15(20)16(14)17-21-18(10-23-17)8-2-3-11-9-12(22)6-7-13(11)18/h1,4-7,9,22H,2-3,8,10H2. The summed E-state index contributed by atoms with van der Waals surface area (Å²) in [5.74, 6) is -1.13. The average Bonchev–Trinajstić information content (AvgIpc) is 2.91. The Kier molecular flexibility index (Phi) is 3.11. The van der Waals surface area contributed by atoms with E-state index in [1.165, 1.54) is 18.2 Å². The average molecular weight is 315 g/mol. The predicted octanol–water partition coefficient (Wildman–Crippen LogP) is 3.68. The molecule has 0 amide bonds. The normalized spacial score (nSPS) is 22.6. The van der Waals surface area contributed by atoms with Crippen molar-refractivity contribution in [3.63, 3.8) is 0 Å². The van der Waals surface area contributed by atoms with Gasteiger partial charge in [0, 0.05) is 0 Å². The third-order valence-electron chi connectivity index (χ3n) is 4.57. The van der Waals surface area contributed by atoms with E-state index in [4.69, 9.17) is 4.74 Å². The summed E-state index contributed by atoms with van der Waals surface area (Å²) in [6, 6.07) is 8.89. The summed E-state index contributed by atoms with van der Waals surface area (Å²) in [5.41, 5.74) is 1.15. The van der Waals surface area contributed by atoms with Gasteiger partial charge < -0.3 is 9.84 Å². The van der Waals surface area contributed by atoms with Gasteiger partial charge in [-0.25, -0.2) is 13.8 Å². The fraction of sp³-hybridized carbons (Fsp3) is 0.278. The highest BCUT2D eigenvalue weighted by molar-refractivity contribution is 5.96. The lowest BCUT2D eigenvalue weighted by atomic mass is 9.77. The van der Waals surface area contributed by atoms with Gasteiger partial charge in [0.15, 0.2) is 0 Å². The number of aliphatic imine (C=N–C) groups is 1. The van der Waals surface area contributed by atoms with Crippen molar-refractivity contribution in [1.29, 1.82) is 0 Å². The van der Waals surface area contributed by atoms with Crippen LogP contribution in [0.4, 0.5) is 8.78 Å². The number of hydrogen-bond acceptors (Lipinski definition) is 3. The Labute approximate surface area is 132 Å². The van der Waals surface area contributed by atoms with Crippen LogP contribution in [0.3, 0.4) is 0 Å². The van der Waals surface area contributed by atoms with Crippen molar-refractivity contribution in [1.82, 2.24) is 0 Å². The highest BCUT2D eigenvalue weighted by Gasteiger charge is 2.42. The minimum Gasteiger partial charge on any atom is -0.508 e. The Morgan fingerprint density at radius 2 is 1.91 bits per heavy atom. The van der Waals surface area contributed by atoms with Gasteiger partial charge in [-0.2, -0.15) is 0 Å². The third-order valence-corrected chi connectivity index (χ3v) is 4.57. The van der Waals surface area contributed by atoms with Crippen LogP contribution in [0.5, 0.6) is 5.75 Å². The largest absolute Gasteiger partial charge is 0.508 e. The molecular formula is C18H15F2NO2. The van der Waals surface area contributed by atoms with Gasteiger partial charge >= 0.3 is 0 Å². The number of hydrogen-bond donors (Lipinski definition) is 1. The number of phenolic OH excluding ortho intramolecular Hbond substituents is 1. The zero-order chi connectivity index (χ0) is 16.0. The van der Waals surface area contributed by atoms with E-state index in [9.17, 15) is 13.9 Å². The summed E-state index contributed by atoms with van der Waals surface area (Å²) < 4.78 is 33.5.